The first kappa shape index (κ1) is 14.4. The van der Waals surface area contributed by atoms with E-state index in [1.54, 1.807) is 42.3 Å². The summed E-state index contributed by atoms with van der Waals surface area (Å²) in [4.78, 5) is 30.9. The van der Waals surface area contributed by atoms with E-state index in [1.807, 2.05) is 24.3 Å². The van der Waals surface area contributed by atoms with Gasteiger partial charge in [-0.05, 0) is 24.3 Å². The maximum absolute atomic E-state index is 12.9. The molecule has 0 bridgehead atoms. The van der Waals surface area contributed by atoms with Crippen molar-refractivity contribution in [3.8, 4) is 5.75 Å². The third-order valence-electron chi connectivity index (χ3n) is 4.25. The average Bonchev–Trinajstić information content (AvgIpc) is 3.15. The molecule has 1 saturated heterocycles. The van der Waals surface area contributed by atoms with E-state index in [0.29, 0.717) is 11.4 Å². The summed E-state index contributed by atoms with van der Waals surface area (Å²) in [5.41, 5.74) is 2.17. The van der Waals surface area contributed by atoms with Gasteiger partial charge in [0.2, 0.25) is 5.91 Å². The number of aromatic nitrogens is 2. The molecule has 0 spiro atoms. The second-order valence-corrected chi connectivity index (χ2v) is 5.63. The number of imide groups is 1. The molecule has 1 unspecified atom stereocenters. The van der Waals surface area contributed by atoms with Crippen LogP contribution in [0.1, 0.15) is 12.5 Å². The number of imidazole rings is 1. The number of hydrogen-bond acceptors (Lipinski definition) is 4. The summed E-state index contributed by atoms with van der Waals surface area (Å²) in [6.45, 7) is 0. The molecule has 1 aliphatic heterocycles. The molecule has 2 aromatic carbocycles. The zero-order chi connectivity index (χ0) is 16.7. The van der Waals surface area contributed by atoms with Crippen LogP contribution in [-0.2, 0) is 9.59 Å². The van der Waals surface area contributed by atoms with Crippen molar-refractivity contribution in [2.45, 2.75) is 12.5 Å². The second kappa shape index (κ2) is 5.49. The highest BCUT2D eigenvalue weighted by atomic mass is 16.5. The largest absolute Gasteiger partial charge is 0.497 e. The average molecular weight is 321 g/mol. The summed E-state index contributed by atoms with van der Waals surface area (Å²) >= 11 is 0. The molecule has 4 rings (SSSR count). The van der Waals surface area contributed by atoms with E-state index in [1.165, 1.54) is 4.90 Å². The Hall–Kier alpha value is -3.15. The van der Waals surface area contributed by atoms with Crippen LogP contribution in [0.4, 0.5) is 5.69 Å². The van der Waals surface area contributed by atoms with E-state index < -0.39 is 6.04 Å². The zero-order valence-corrected chi connectivity index (χ0v) is 13.0. The lowest BCUT2D eigenvalue weighted by molar-refractivity contribution is -0.122. The van der Waals surface area contributed by atoms with Crippen molar-refractivity contribution < 1.29 is 14.3 Å². The van der Waals surface area contributed by atoms with Gasteiger partial charge in [0.05, 0.1) is 36.6 Å². The fraction of sp³-hybridized carbons (Fsp3) is 0.167. The Labute approximate surface area is 138 Å². The van der Waals surface area contributed by atoms with Crippen molar-refractivity contribution in [2.24, 2.45) is 0 Å². The Kier molecular flexibility index (Phi) is 3.30. The van der Waals surface area contributed by atoms with Crippen LogP contribution in [0.15, 0.2) is 54.9 Å². The number of nitrogens with zero attached hydrogens (tertiary/aromatic N) is 3. The van der Waals surface area contributed by atoms with Crippen LogP contribution in [0, 0.1) is 0 Å². The molecule has 120 valence electrons. The van der Waals surface area contributed by atoms with Gasteiger partial charge in [0.1, 0.15) is 11.8 Å². The number of benzene rings is 2. The van der Waals surface area contributed by atoms with Crippen LogP contribution in [-0.4, -0.2) is 28.5 Å². The molecule has 0 aliphatic carbocycles. The van der Waals surface area contributed by atoms with Crippen LogP contribution in [0.2, 0.25) is 0 Å². The third kappa shape index (κ3) is 2.15. The minimum absolute atomic E-state index is 0.121. The molecule has 2 heterocycles. The number of amides is 2. The highest BCUT2D eigenvalue weighted by molar-refractivity contribution is 6.22. The number of para-hydroxylation sites is 2. The molecule has 24 heavy (non-hydrogen) atoms. The van der Waals surface area contributed by atoms with Gasteiger partial charge in [-0.3, -0.25) is 9.59 Å². The molecule has 6 heteroatoms. The lowest BCUT2D eigenvalue weighted by Gasteiger charge is -2.16. The molecule has 1 atom stereocenters. The van der Waals surface area contributed by atoms with Crippen molar-refractivity contribution in [1.82, 2.24) is 9.55 Å². The molecule has 1 aliphatic rings. The predicted molar refractivity (Wildman–Crippen MR) is 88.9 cm³/mol. The number of ether oxygens (including phenoxy) is 1. The first-order valence-electron chi connectivity index (χ1n) is 7.61. The lowest BCUT2D eigenvalue weighted by atomic mass is 10.2. The van der Waals surface area contributed by atoms with Gasteiger partial charge in [0, 0.05) is 6.07 Å². The number of methoxy groups -OCH3 is 1. The second-order valence-electron chi connectivity index (χ2n) is 5.63. The fourth-order valence-corrected chi connectivity index (χ4v) is 3.08. The third-order valence-corrected chi connectivity index (χ3v) is 4.25. The summed E-state index contributed by atoms with van der Waals surface area (Å²) in [5, 5.41) is 0. The van der Waals surface area contributed by atoms with Crippen molar-refractivity contribution in [2.75, 3.05) is 12.0 Å². The van der Waals surface area contributed by atoms with Crippen LogP contribution in [0.5, 0.6) is 5.75 Å². The maximum Gasteiger partial charge on any atom is 0.257 e. The summed E-state index contributed by atoms with van der Waals surface area (Å²) in [7, 11) is 1.55. The molecule has 6 nitrogen and oxygen atoms in total. The van der Waals surface area contributed by atoms with E-state index in [2.05, 4.69) is 4.98 Å². The number of rotatable bonds is 3. The standard InChI is InChI=1S/C18H15N3O3/c1-24-13-6-4-5-12(9-13)21-17(22)10-16(18(21)23)20-11-19-14-7-2-3-8-15(14)20/h2-9,11,16H,10H2,1H3. The number of fused-ring (bicyclic) bond motifs is 1. The van der Waals surface area contributed by atoms with Crippen LogP contribution in [0.25, 0.3) is 11.0 Å². The normalized spacial score (nSPS) is 17.7. The molecule has 2 amide bonds. The minimum atomic E-state index is -0.573. The molecular weight excluding hydrogens is 306 g/mol. The van der Waals surface area contributed by atoms with Crippen LogP contribution in [0.3, 0.4) is 0 Å². The maximum atomic E-state index is 12.9. The van der Waals surface area contributed by atoms with E-state index in [9.17, 15) is 9.59 Å². The van der Waals surface area contributed by atoms with Gasteiger partial charge < -0.3 is 9.30 Å². The number of hydrogen-bond donors (Lipinski definition) is 0. The van der Waals surface area contributed by atoms with E-state index in [0.717, 1.165) is 11.0 Å². The van der Waals surface area contributed by atoms with Gasteiger partial charge in [-0.25, -0.2) is 9.88 Å². The fourth-order valence-electron chi connectivity index (χ4n) is 3.08. The molecule has 1 aromatic heterocycles. The first-order chi connectivity index (χ1) is 11.7. The Morgan fingerprint density at radius 3 is 2.79 bits per heavy atom. The first-order valence-corrected chi connectivity index (χ1v) is 7.61. The Bertz CT molecular complexity index is 947. The van der Waals surface area contributed by atoms with Crippen LogP contribution < -0.4 is 9.64 Å². The summed E-state index contributed by atoms with van der Waals surface area (Å²) < 4.78 is 6.95. The number of carbonyl (C=O) groups is 2. The minimum Gasteiger partial charge on any atom is -0.497 e. The lowest BCUT2D eigenvalue weighted by Crippen LogP contribution is -2.31. The smallest absolute Gasteiger partial charge is 0.257 e. The van der Waals surface area contributed by atoms with Gasteiger partial charge in [-0.15, -0.1) is 0 Å². The molecule has 1 fully saturated rings. The summed E-state index contributed by atoms with van der Waals surface area (Å²) in [6, 6.07) is 13.9. The summed E-state index contributed by atoms with van der Waals surface area (Å²) in [6.07, 6.45) is 1.74. The number of carbonyl (C=O) groups excluding carboxylic acids is 2. The quantitative estimate of drug-likeness (QED) is 0.696. The molecular formula is C18H15N3O3. The Balaban J connectivity index is 1.73. The van der Waals surface area contributed by atoms with Crippen LogP contribution >= 0.6 is 0 Å². The van der Waals surface area contributed by atoms with E-state index in [-0.39, 0.29) is 18.2 Å². The van der Waals surface area contributed by atoms with E-state index >= 15 is 0 Å². The molecule has 0 saturated carbocycles. The molecule has 0 N–H and O–H groups in total. The van der Waals surface area contributed by atoms with Gasteiger partial charge in [-0.1, -0.05) is 18.2 Å². The van der Waals surface area contributed by atoms with Crippen molar-refractivity contribution in [3.63, 3.8) is 0 Å². The van der Waals surface area contributed by atoms with Crippen molar-refractivity contribution >= 4 is 28.5 Å². The van der Waals surface area contributed by atoms with Gasteiger partial charge in [-0.2, -0.15) is 0 Å². The molecule has 0 radical (unpaired) electrons. The van der Waals surface area contributed by atoms with Gasteiger partial charge >= 0.3 is 0 Å². The zero-order valence-electron chi connectivity index (χ0n) is 13.0. The monoisotopic (exact) mass is 321 g/mol. The Morgan fingerprint density at radius 1 is 1.12 bits per heavy atom. The Morgan fingerprint density at radius 2 is 1.96 bits per heavy atom. The molecule has 3 aromatic rings. The highest BCUT2D eigenvalue weighted by Crippen LogP contribution is 2.32. The van der Waals surface area contributed by atoms with E-state index in [4.69, 9.17) is 4.74 Å². The summed E-state index contributed by atoms with van der Waals surface area (Å²) in [5.74, 6) is 0.122. The topological polar surface area (TPSA) is 64.4 Å². The van der Waals surface area contributed by atoms with Gasteiger partial charge in [0.25, 0.3) is 5.91 Å². The SMILES string of the molecule is COc1cccc(N2C(=O)CC(n3cnc4ccccc43)C2=O)c1. The highest BCUT2D eigenvalue weighted by Gasteiger charge is 2.41. The van der Waals surface area contributed by atoms with Gasteiger partial charge in [0.15, 0.2) is 0 Å². The number of anilines is 1. The predicted octanol–water partition coefficient (Wildman–Crippen LogP) is 2.55. The van der Waals surface area contributed by atoms with Crippen molar-refractivity contribution in [3.05, 3.63) is 54.9 Å². The van der Waals surface area contributed by atoms with Crippen molar-refractivity contribution in [1.29, 1.82) is 0 Å².